The van der Waals surface area contributed by atoms with Crippen LogP contribution in [-0.2, 0) is 4.65 Å². The summed E-state index contributed by atoms with van der Waals surface area (Å²) >= 11 is 0. The van der Waals surface area contributed by atoms with E-state index in [1.807, 2.05) is 57.2 Å². The van der Waals surface area contributed by atoms with Crippen LogP contribution >= 0.6 is 0 Å². The SMILES string of the molecule is COc1cccc2ccc(C(C)COB(O)c3ccc(C(C)C)o3)nc12. The third-order valence-corrected chi connectivity index (χ3v) is 4.39. The molecule has 0 radical (unpaired) electrons. The van der Waals surface area contributed by atoms with Crippen molar-refractivity contribution in [3.63, 3.8) is 0 Å². The van der Waals surface area contributed by atoms with Gasteiger partial charge in [-0.1, -0.05) is 39.0 Å². The highest BCUT2D eigenvalue weighted by Crippen LogP contribution is 2.26. The van der Waals surface area contributed by atoms with Gasteiger partial charge >= 0.3 is 7.12 Å². The first-order chi connectivity index (χ1) is 12.5. The molecule has 5 nitrogen and oxygen atoms in total. The molecule has 6 heteroatoms. The van der Waals surface area contributed by atoms with Crippen molar-refractivity contribution in [3.8, 4) is 5.75 Å². The largest absolute Gasteiger partial charge is 0.529 e. The molecule has 3 rings (SSSR count). The first kappa shape index (κ1) is 18.5. The molecule has 0 aliphatic carbocycles. The number of fused-ring (bicyclic) bond motifs is 1. The number of para-hydroxylation sites is 1. The average molecular weight is 353 g/mol. The van der Waals surface area contributed by atoms with Crippen molar-refractivity contribution in [2.75, 3.05) is 13.7 Å². The van der Waals surface area contributed by atoms with E-state index in [-0.39, 0.29) is 11.8 Å². The Labute approximate surface area is 154 Å². The van der Waals surface area contributed by atoms with Crippen LogP contribution in [0, 0.1) is 0 Å². The number of rotatable bonds is 7. The van der Waals surface area contributed by atoms with Crippen LogP contribution in [0.1, 0.15) is 44.1 Å². The summed E-state index contributed by atoms with van der Waals surface area (Å²) in [5, 5.41) is 11.2. The molecule has 0 fully saturated rings. The number of aromatic nitrogens is 1. The van der Waals surface area contributed by atoms with E-state index in [9.17, 15) is 5.02 Å². The maximum atomic E-state index is 10.2. The minimum atomic E-state index is -1.08. The fraction of sp³-hybridized carbons (Fsp3) is 0.350. The Morgan fingerprint density at radius 1 is 1.12 bits per heavy atom. The molecule has 0 bridgehead atoms. The van der Waals surface area contributed by atoms with E-state index in [0.717, 1.165) is 28.1 Å². The molecule has 1 atom stereocenters. The second-order valence-electron chi connectivity index (χ2n) is 6.75. The van der Waals surface area contributed by atoms with Crippen LogP contribution in [0.4, 0.5) is 0 Å². The van der Waals surface area contributed by atoms with Crippen molar-refractivity contribution in [3.05, 3.63) is 53.9 Å². The molecule has 0 saturated carbocycles. The normalized spacial score (nSPS) is 12.5. The zero-order valence-corrected chi connectivity index (χ0v) is 15.6. The number of pyridine rings is 1. The van der Waals surface area contributed by atoms with Gasteiger partial charge in [0.1, 0.15) is 22.7 Å². The van der Waals surface area contributed by atoms with E-state index in [2.05, 4.69) is 0 Å². The average Bonchev–Trinajstić information content (AvgIpc) is 3.15. The predicted molar refractivity (Wildman–Crippen MR) is 103 cm³/mol. The molecule has 1 N–H and O–H groups in total. The van der Waals surface area contributed by atoms with Gasteiger partial charge in [-0.3, -0.25) is 0 Å². The van der Waals surface area contributed by atoms with E-state index in [1.54, 1.807) is 13.2 Å². The van der Waals surface area contributed by atoms with Gasteiger partial charge in [0.2, 0.25) is 0 Å². The Balaban J connectivity index is 1.69. The summed E-state index contributed by atoms with van der Waals surface area (Å²) in [7, 11) is 0.556. The van der Waals surface area contributed by atoms with Gasteiger partial charge in [-0.05, 0) is 24.3 Å². The number of ether oxygens (including phenoxy) is 1. The van der Waals surface area contributed by atoms with Crippen LogP contribution < -0.4 is 10.4 Å². The van der Waals surface area contributed by atoms with E-state index in [1.165, 1.54) is 0 Å². The van der Waals surface area contributed by atoms with Crippen LogP contribution in [0.5, 0.6) is 5.75 Å². The quantitative estimate of drug-likeness (QED) is 0.659. The minimum Gasteiger partial charge on any atom is -0.494 e. The highest BCUT2D eigenvalue weighted by molar-refractivity contribution is 6.58. The Hall–Kier alpha value is -2.31. The maximum Gasteiger partial charge on any atom is 0.529 e. The Morgan fingerprint density at radius 3 is 2.62 bits per heavy atom. The van der Waals surface area contributed by atoms with Gasteiger partial charge in [-0.15, -0.1) is 0 Å². The van der Waals surface area contributed by atoms with E-state index in [4.69, 9.17) is 18.8 Å². The van der Waals surface area contributed by atoms with Crippen LogP contribution in [-0.4, -0.2) is 30.8 Å². The number of furan rings is 1. The number of nitrogens with zero attached hydrogens (tertiary/aromatic N) is 1. The molecule has 0 spiro atoms. The van der Waals surface area contributed by atoms with Gasteiger partial charge in [-0.25, -0.2) is 4.98 Å². The number of methoxy groups -OCH3 is 1. The van der Waals surface area contributed by atoms with Gasteiger partial charge in [0.25, 0.3) is 0 Å². The van der Waals surface area contributed by atoms with E-state index < -0.39 is 7.12 Å². The molecule has 1 unspecified atom stereocenters. The van der Waals surface area contributed by atoms with Gasteiger partial charge in [-0.2, -0.15) is 0 Å². The van der Waals surface area contributed by atoms with Gasteiger partial charge < -0.3 is 18.8 Å². The summed E-state index contributed by atoms with van der Waals surface area (Å²) in [6, 6.07) is 13.5. The summed E-state index contributed by atoms with van der Waals surface area (Å²) in [5.74, 6) is 1.86. The topological polar surface area (TPSA) is 64.7 Å². The van der Waals surface area contributed by atoms with E-state index >= 15 is 0 Å². The van der Waals surface area contributed by atoms with Crippen molar-refractivity contribution in [2.24, 2.45) is 0 Å². The number of hydrogen-bond donors (Lipinski definition) is 1. The monoisotopic (exact) mass is 353 g/mol. The lowest BCUT2D eigenvalue weighted by molar-refractivity contribution is 0.247. The first-order valence-corrected chi connectivity index (χ1v) is 8.82. The lowest BCUT2D eigenvalue weighted by Crippen LogP contribution is -2.33. The zero-order valence-electron chi connectivity index (χ0n) is 15.6. The smallest absolute Gasteiger partial charge is 0.494 e. The third kappa shape index (κ3) is 3.92. The fourth-order valence-corrected chi connectivity index (χ4v) is 2.79. The number of benzene rings is 1. The predicted octanol–water partition coefficient (Wildman–Crippen LogP) is 3.47. The molecule has 136 valence electrons. The minimum absolute atomic E-state index is 0.0125. The zero-order chi connectivity index (χ0) is 18.7. The van der Waals surface area contributed by atoms with Crippen molar-refractivity contribution >= 4 is 23.7 Å². The molecule has 3 aromatic rings. The van der Waals surface area contributed by atoms with Gasteiger partial charge in [0, 0.05) is 29.5 Å². The molecule has 0 saturated heterocycles. The van der Waals surface area contributed by atoms with Gasteiger partial charge in [0.15, 0.2) is 0 Å². The van der Waals surface area contributed by atoms with Crippen LogP contribution in [0.25, 0.3) is 10.9 Å². The Kier molecular flexibility index (Phi) is 5.64. The lowest BCUT2D eigenvalue weighted by atomic mass is 9.86. The fourth-order valence-electron chi connectivity index (χ4n) is 2.79. The second-order valence-corrected chi connectivity index (χ2v) is 6.75. The summed E-state index contributed by atoms with van der Waals surface area (Å²) in [6.07, 6.45) is 0. The molecule has 2 heterocycles. The van der Waals surface area contributed by atoms with Crippen molar-refractivity contribution in [1.82, 2.24) is 4.98 Å². The standard InChI is InChI=1S/C20H24BNO4/c1-13(2)17-10-11-19(26-17)21(23)25-12-14(3)16-9-8-15-6-5-7-18(24-4)20(15)22-16/h5-11,13-14,23H,12H2,1-4H3. The molecule has 0 aliphatic heterocycles. The summed E-state index contributed by atoms with van der Waals surface area (Å²) in [5.41, 5.74) is 2.14. The Morgan fingerprint density at radius 2 is 1.92 bits per heavy atom. The highest BCUT2D eigenvalue weighted by atomic mass is 16.5. The molecule has 2 aromatic heterocycles. The molecule has 0 amide bonds. The van der Waals surface area contributed by atoms with E-state index in [0.29, 0.717) is 12.3 Å². The van der Waals surface area contributed by atoms with Crippen molar-refractivity contribution in [2.45, 2.75) is 32.6 Å². The molecular weight excluding hydrogens is 329 g/mol. The molecular formula is C20H24BNO4. The molecule has 1 aromatic carbocycles. The molecule has 0 aliphatic rings. The van der Waals surface area contributed by atoms with Gasteiger partial charge in [0.05, 0.1) is 7.11 Å². The van der Waals surface area contributed by atoms with Crippen LogP contribution in [0.2, 0.25) is 0 Å². The lowest BCUT2D eigenvalue weighted by Gasteiger charge is -2.14. The van der Waals surface area contributed by atoms with Crippen LogP contribution in [0.15, 0.2) is 46.9 Å². The Bertz CT molecular complexity index is 877. The maximum absolute atomic E-state index is 10.2. The number of hydrogen-bond acceptors (Lipinski definition) is 5. The molecule has 26 heavy (non-hydrogen) atoms. The highest BCUT2D eigenvalue weighted by Gasteiger charge is 2.23. The van der Waals surface area contributed by atoms with Crippen molar-refractivity contribution < 1.29 is 18.8 Å². The summed E-state index contributed by atoms with van der Waals surface area (Å²) in [6.45, 7) is 6.42. The van der Waals surface area contributed by atoms with Crippen molar-refractivity contribution in [1.29, 1.82) is 0 Å². The second kappa shape index (κ2) is 7.93. The summed E-state index contributed by atoms with van der Waals surface area (Å²) in [4.78, 5) is 4.71. The third-order valence-electron chi connectivity index (χ3n) is 4.39. The first-order valence-electron chi connectivity index (χ1n) is 8.82. The summed E-state index contributed by atoms with van der Waals surface area (Å²) < 4.78 is 16.6. The van der Waals surface area contributed by atoms with Crippen LogP contribution in [0.3, 0.4) is 0 Å².